The van der Waals surface area contributed by atoms with Crippen LogP contribution in [0.1, 0.15) is 67.7 Å². The molecule has 0 amide bonds. The molecule has 3 aliphatic heterocycles. The lowest BCUT2D eigenvalue weighted by Gasteiger charge is -2.46. The number of esters is 1. The van der Waals surface area contributed by atoms with Crippen molar-refractivity contribution in [2.45, 2.75) is 147 Å². The van der Waals surface area contributed by atoms with E-state index in [4.69, 9.17) is 33.2 Å². The first kappa shape index (κ1) is 47.2. The Morgan fingerprint density at radius 3 is 2.05 bits per heavy atom. The Kier molecular flexibility index (Phi) is 18.5. The average Bonchev–Trinajstić information content (AvgIpc) is 3.14. The van der Waals surface area contributed by atoms with E-state index in [9.17, 15) is 34.8 Å². The van der Waals surface area contributed by atoms with Crippen LogP contribution in [-0.4, -0.2) is 158 Å². The maximum atomic E-state index is 13.9. The van der Waals surface area contributed by atoms with Crippen LogP contribution in [0.25, 0.3) is 0 Å². The fourth-order valence-corrected chi connectivity index (χ4v) is 8.01. The maximum absolute atomic E-state index is 13.9. The van der Waals surface area contributed by atoms with E-state index in [0.717, 1.165) is 6.29 Å². The fourth-order valence-electron chi connectivity index (χ4n) is 8.01. The summed E-state index contributed by atoms with van der Waals surface area (Å²) in [4.78, 5) is 41.2. The van der Waals surface area contributed by atoms with Crippen LogP contribution in [0.5, 0.6) is 0 Å². The second-order valence-electron chi connectivity index (χ2n) is 15.8. The molecule has 0 aliphatic carbocycles. The minimum Gasteiger partial charge on any atom is -0.461 e. The van der Waals surface area contributed by atoms with E-state index in [-0.39, 0.29) is 25.2 Å². The average molecular weight is 786 g/mol. The Labute approximate surface area is 326 Å². The van der Waals surface area contributed by atoms with E-state index < -0.39 is 115 Å². The third kappa shape index (κ3) is 11.7. The molecule has 2 fully saturated rings. The molecule has 15 heteroatoms. The van der Waals surface area contributed by atoms with Gasteiger partial charge in [0.1, 0.15) is 36.8 Å². The Morgan fingerprint density at radius 1 is 0.855 bits per heavy atom. The third-order valence-electron chi connectivity index (χ3n) is 11.5. The topological polar surface area (TPSA) is 200 Å². The number of rotatable bonds is 11. The van der Waals surface area contributed by atoms with Gasteiger partial charge in [-0.1, -0.05) is 38.5 Å². The number of aliphatic hydroxyl groups is 4. The van der Waals surface area contributed by atoms with Crippen molar-refractivity contribution in [2.24, 2.45) is 29.6 Å². The van der Waals surface area contributed by atoms with E-state index in [1.54, 1.807) is 59.7 Å². The number of cyclic esters (lactones) is 1. The van der Waals surface area contributed by atoms with E-state index in [0.29, 0.717) is 12.0 Å². The van der Waals surface area contributed by atoms with Crippen molar-refractivity contribution in [1.82, 2.24) is 4.90 Å². The van der Waals surface area contributed by atoms with Crippen LogP contribution in [0, 0.1) is 29.6 Å². The SMILES string of the molecule is CC[C@H]1OC(=O)[C@H](C)[C@@H](O)[C@H](C)[C@@H](O[C@@H]2O[C@H](C)[C@@H](O)[C@H](N(C)C)[C@H]2O)[C@@H](CC=O)C[C@@H](C)C(=O)/C=C/C(C)=C/[C@@H]1CO[C@@H]1O[C@H](C)[C@@H](O)[C@@H](OC)[C@H]1OC. The molecular weight excluding hydrogens is 718 g/mol. The van der Waals surface area contributed by atoms with Gasteiger partial charge in [-0.05, 0) is 66.6 Å². The van der Waals surface area contributed by atoms with Crippen LogP contribution in [-0.2, 0) is 47.5 Å². The minimum absolute atomic E-state index is 0.00644. The van der Waals surface area contributed by atoms with Gasteiger partial charge in [-0.25, -0.2) is 0 Å². The molecule has 3 aliphatic rings. The highest BCUT2D eigenvalue weighted by Gasteiger charge is 2.48. The van der Waals surface area contributed by atoms with E-state index >= 15 is 0 Å². The van der Waals surface area contributed by atoms with E-state index in [1.807, 2.05) is 19.9 Å². The zero-order valence-corrected chi connectivity index (χ0v) is 34.3. The summed E-state index contributed by atoms with van der Waals surface area (Å²) in [5.74, 6) is -4.49. The number of likely N-dealkylation sites (N-methyl/N-ethyl adjacent to an activating group) is 1. The zero-order valence-electron chi connectivity index (χ0n) is 34.3. The molecule has 3 heterocycles. The van der Waals surface area contributed by atoms with E-state index in [1.165, 1.54) is 20.3 Å². The van der Waals surface area contributed by atoms with Crippen molar-refractivity contribution in [3.8, 4) is 0 Å². The van der Waals surface area contributed by atoms with Crippen LogP contribution in [0.4, 0.5) is 0 Å². The summed E-state index contributed by atoms with van der Waals surface area (Å²) in [6.07, 6.45) is -5.07. The Balaban J connectivity index is 2.00. The molecule has 15 nitrogen and oxygen atoms in total. The summed E-state index contributed by atoms with van der Waals surface area (Å²) in [5.41, 5.74) is 0.699. The number of aliphatic hydroxyl groups excluding tert-OH is 4. The van der Waals surface area contributed by atoms with Gasteiger partial charge in [0, 0.05) is 38.4 Å². The summed E-state index contributed by atoms with van der Waals surface area (Å²) in [7, 11) is 6.37. The molecule has 0 saturated carbocycles. The quantitative estimate of drug-likeness (QED) is 0.175. The van der Waals surface area contributed by atoms with Crippen LogP contribution < -0.4 is 0 Å². The van der Waals surface area contributed by atoms with Gasteiger partial charge in [0.15, 0.2) is 18.4 Å². The number of nitrogens with zero attached hydrogens (tertiary/aromatic N) is 1. The van der Waals surface area contributed by atoms with Gasteiger partial charge in [0.2, 0.25) is 0 Å². The van der Waals surface area contributed by atoms with Crippen molar-refractivity contribution in [1.29, 1.82) is 0 Å². The number of hydrogen-bond donors (Lipinski definition) is 4. The second kappa shape index (κ2) is 21.6. The Bertz CT molecular complexity index is 1290. The molecule has 0 radical (unpaired) electrons. The lowest BCUT2D eigenvalue weighted by Crippen LogP contribution is -2.63. The van der Waals surface area contributed by atoms with Crippen molar-refractivity contribution >= 4 is 18.0 Å². The number of hydrogen-bond acceptors (Lipinski definition) is 15. The van der Waals surface area contributed by atoms with Gasteiger partial charge >= 0.3 is 5.97 Å². The maximum Gasteiger partial charge on any atom is 0.311 e. The van der Waals surface area contributed by atoms with Gasteiger partial charge < -0.3 is 63.3 Å². The predicted octanol–water partition coefficient (Wildman–Crippen LogP) is 1.81. The van der Waals surface area contributed by atoms with Crippen LogP contribution in [0.15, 0.2) is 23.8 Å². The molecule has 18 atom stereocenters. The van der Waals surface area contributed by atoms with Crippen molar-refractivity contribution in [3.05, 3.63) is 23.8 Å². The summed E-state index contributed by atoms with van der Waals surface area (Å²) >= 11 is 0. The van der Waals surface area contributed by atoms with Gasteiger partial charge in [-0.15, -0.1) is 0 Å². The molecule has 316 valence electrons. The van der Waals surface area contributed by atoms with Gasteiger partial charge in [0.05, 0.1) is 49.1 Å². The van der Waals surface area contributed by atoms with Gasteiger partial charge in [-0.2, -0.15) is 0 Å². The summed E-state index contributed by atoms with van der Waals surface area (Å²) in [6.45, 7) is 12.0. The fraction of sp³-hybridized carbons (Fsp3) is 0.825. The summed E-state index contributed by atoms with van der Waals surface area (Å²) in [6, 6.07) is -0.745. The number of ketones is 1. The molecule has 0 aromatic carbocycles. The monoisotopic (exact) mass is 785 g/mol. The highest BCUT2D eigenvalue weighted by Crippen LogP contribution is 2.35. The molecule has 0 aromatic heterocycles. The molecule has 4 N–H and O–H groups in total. The van der Waals surface area contributed by atoms with Crippen molar-refractivity contribution < 1.29 is 68.0 Å². The molecule has 0 unspecified atom stereocenters. The van der Waals surface area contributed by atoms with Gasteiger partial charge in [0.25, 0.3) is 0 Å². The molecule has 0 spiro atoms. The summed E-state index contributed by atoms with van der Waals surface area (Å²) < 4.78 is 41.9. The molecule has 3 rings (SSSR count). The second-order valence-corrected chi connectivity index (χ2v) is 15.8. The number of aldehydes is 1. The number of allylic oxidation sites excluding steroid dienone is 3. The largest absolute Gasteiger partial charge is 0.461 e. The predicted molar refractivity (Wildman–Crippen MR) is 200 cm³/mol. The molecule has 0 bridgehead atoms. The molecular formula is C40H67NO14. The van der Waals surface area contributed by atoms with Crippen LogP contribution in [0.3, 0.4) is 0 Å². The first-order valence-electron chi connectivity index (χ1n) is 19.5. The van der Waals surface area contributed by atoms with Gasteiger partial charge in [-0.3, -0.25) is 9.59 Å². The standard InChI is InChI=1S/C40H67NO14/c1-12-29-27(19-51-40-37(50-11)36(49-10)33(46)25(7)53-40)17-20(2)13-14-28(43)21(3)18-26(15-16-42)35(22(4)31(44)23(5)38(48)54-29)55-39-34(47)30(41(8)9)32(45)24(6)52-39/h13-14,16-17,21-27,29-37,39-40,44-47H,12,15,18-19H2,1-11H3/b14-13+,20-17+/t21-,22+,23-,24-,25-,26+,27-,29-,30+,31+,32-,33-,34-,35-,36-,37-,39+,40-/m1/s1. The zero-order chi connectivity index (χ0) is 41.3. The first-order chi connectivity index (χ1) is 25.9. The van der Waals surface area contributed by atoms with E-state index in [2.05, 4.69) is 0 Å². The summed E-state index contributed by atoms with van der Waals surface area (Å²) in [5, 5.41) is 44.6. The lowest BCUT2D eigenvalue weighted by atomic mass is 9.78. The number of ether oxygens (including phenoxy) is 7. The normalized spacial score (nSPS) is 44.4. The Morgan fingerprint density at radius 2 is 1.47 bits per heavy atom. The highest BCUT2D eigenvalue weighted by molar-refractivity contribution is 5.91. The minimum atomic E-state index is -1.35. The smallest absolute Gasteiger partial charge is 0.311 e. The molecule has 2 saturated heterocycles. The third-order valence-corrected chi connectivity index (χ3v) is 11.5. The van der Waals surface area contributed by atoms with Crippen LogP contribution >= 0.6 is 0 Å². The Hall–Kier alpha value is -2.15. The highest BCUT2D eigenvalue weighted by atomic mass is 16.7. The number of carbonyl (C=O) groups is 3. The van der Waals surface area contributed by atoms with Crippen LogP contribution in [0.2, 0.25) is 0 Å². The number of methoxy groups -OCH3 is 2. The molecule has 0 aromatic rings. The molecule has 55 heavy (non-hydrogen) atoms. The van der Waals surface area contributed by atoms with Crippen molar-refractivity contribution in [2.75, 3.05) is 34.9 Å². The van der Waals surface area contributed by atoms with Crippen molar-refractivity contribution in [3.63, 3.8) is 0 Å². The lowest BCUT2D eigenvalue weighted by molar-refractivity contribution is -0.304. The first-order valence-corrected chi connectivity index (χ1v) is 19.5. The number of carbonyl (C=O) groups excluding carboxylic acids is 3.